The summed E-state index contributed by atoms with van der Waals surface area (Å²) in [5.74, 6) is 0.0251. The highest BCUT2D eigenvalue weighted by Crippen LogP contribution is 2.32. The fourth-order valence-electron chi connectivity index (χ4n) is 2.28. The number of rotatable bonds is 3. The smallest absolute Gasteiger partial charge is 0.241 e. The molecule has 2 rings (SSSR count). The molecular formula is C14H19Br2N3O. The van der Waals surface area contributed by atoms with Gasteiger partial charge in [-0.05, 0) is 63.4 Å². The van der Waals surface area contributed by atoms with Crippen LogP contribution in [0.15, 0.2) is 21.1 Å². The zero-order chi connectivity index (χ0) is 14.7. The predicted octanol–water partition coefficient (Wildman–Crippen LogP) is 2.75. The Morgan fingerprint density at radius 2 is 1.85 bits per heavy atom. The van der Waals surface area contributed by atoms with Crippen LogP contribution in [-0.2, 0) is 4.79 Å². The lowest BCUT2D eigenvalue weighted by Crippen LogP contribution is -2.51. The standard InChI is InChI=1S/C14H19Br2N3O/c1-9-7-11(15)13(12(16)8-9)18-14(20)10(2)19-5-3-17-4-6-19/h7-8,10,17H,3-6H2,1-2H3,(H,18,20). The largest absolute Gasteiger partial charge is 0.323 e. The SMILES string of the molecule is Cc1cc(Br)c(NC(=O)C(C)N2CCNCC2)c(Br)c1. The minimum atomic E-state index is -0.128. The number of nitrogens with one attached hydrogen (secondary N) is 2. The number of aryl methyl sites for hydroxylation is 1. The van der Waals surface area contributed by atoms with E-state index in [0.717, 1.165) is 46.4 Å². The molecule has 0 aliphatic carbocycles. The van der Waals surface area contributed by atoms with Gasteiger partial charge in [0.25, 0.3) is 0 Å². The van der Waals surface area contributed by atoms with E-state index in [9.17, 15) is 4.79 Å². The molecule has 1 atom stereocenters. The van der Waals surface area contributed by atoms with Crippen molar-refractivity contribution in [2.75, 3.05) is 31.5 Å². The minimum absolute atomic E-state index is 0.0251. The maximum atomic E-state index is 12.4. The van der Waals surface area contributed by atoms with Gasteiger partial charge in [-0.3, -0.25) is 9.69 Å². The molecule has 0 radical (unpaired) electrons. The Hall–Kier alpha value is -0.430. The van der Waals surface area contributed by atoms with Crippen molar-refractivity contribution in [3.63, 3.8) is 0 Å². The summed E-state index contributed by atoms with van der Waals surface area (Å²) in [4.78, 5) is 14.6. The first-order valence-electron chi connectivity index (χ1n) is 6.70. The summed E-state index contributed by atoms with van der Waals surface area (Å²) in [6.45, 7) is 7.67. The van der Waals surface area contributed by atoms with Gasteiger partial charge in [-0.2, -0.15) is 0 Å². The molecule has 1 unspecified atom stereocenters. The van der Waals surface area contributed by atoms with Gasteiger partial charge in [0.05, 0.1) is 11.7 Å². The van der Waals surface area contributed by atoms with Gasteiger partial charge in [0.1, 0.15) is 0 Å². The zero-order valence-corrected chi connectivity index (χ0v) is 14.8. The van der Waals surface area contributed by atoms with Gasteiger partial charge in [0, 0.05) is 35.1 Å². The van der Waals surface area contributed by atoms with Crippen LogP contribution in [0.1, 0.15) is 12.5 Å². The molecule has 1 aromatic carbocycles. The normalized spacial score (nSPS) is 17.8. The van der Waals surface area contributed by atoms with E-state index in [4.69, 9.17) is 0 Å². The van der Waals surface area contributed by atoms with Crippen molar-refractivity contribution in [1.82, 2.24) is 10.2 Å². The van der Waals surface area contributed by atoms with E-state index in [1.807, 2.05) is 26.0 Å². The monoisotopic (exact) mass is 403 g/mol. The third kappa shape index (κ3) is 3.81. The first kappa shape index (κ1) is 15.9. The summed E-state index contributed by atoms with van der Waals surface area (Å²) in [7, 11) is 0. The first-order chi connectivity index (χ1) is 9.49. The maximum Gasteiger partial charge on any atom is 0.241 e. The fourth-order valence-corrected chi connectivity index (χ4v) is 3.90. The Bertz CT molecular complexity index is 478. The van der Waals surface area contributed by atoms with Crippen LogP contribution in [0, 0.1) is 6.92 Å². The number of hydrogen-bond acceptors (Lipinski definition) is 3. The highest BCUT2D eigenvalue weighted by Gasteiger charge is 2.23. The highest BCUT2D eigenvalue weighted by molar-refractivity contribution is 9.11. The molecule has 1 aliphatic rings. The molecule has 2 N–H and O–H groups in total. The van der Waals surface area contributed by atoms with E-state index in [2.05, 4.69) is 47.4 Å². The molecule has 1 amide bonds. The second kappa shape index (κ2) is 7.02. The van der Waals surface area contributed by atoms with E-state index in [-0.39, 0.29) is 11.9 Å². The lowest BCUT2D eigenvalue weighted by Gasteiger charge is -2.32. The quantitative estimate of drug-likeness (QED) is 0.813. The molecule has 20 heavy (non-hydrogen) atoms. The van der Waals surface area contributed by atoms with Crippen molar-refractivity contribution < 1.29 is 4.79 Å². The molecule has 0 aromatic heterocycles. The third-order valence-corrected chi connectivity index (χ3v) is 4.76. The van der Waals surface area contributed by atoms with Crippen molar-refractivity contribution in [1.29, 1.82) is 0 Å². The zero-order valence-electron chi connectivity index (χ0n) is 11.7. The van der Waals surface area contributed by atoms with Crippen molar-refractivity contribution in [3.8, 4) is 0 Å². The van der Waals surface area contributed by atoms with Crippen LogP contribution in [-0.4, -0.2) is 43.0 Å². The number of benzene rings is 1. The minimum Gasteiger partial charge on any atom is -0.323 e. The van der Waals surface area contributed by atoms with Crippen LogP contribution in [0.2, 0.25) is 0 Å². The second-order valence-electron chi connectivity index (χ2n) is 5.05. The molecule has 1 aliphatic heterocycles. The summed E-state index contributed by atoms with van der Waals surface area (Å²) in [5, 5.41) is 6.30. The molecular weight excluding hydrogens is 386 g/mol. The Morgan fingerprint density at radius 3 is 2.40 bits per heavy atom. The second-order valence-corrected chi connectivity index (χ2v) is 6.76. The number of piperazine rings is 1. The van der Waals surface area contributed by atoms with Crippen LogP contribution >= 0.6 is 31.9 Å². The number of carbonyl (C=O) groups is 1. The summed E-state index contributed by atoms with van der Waals surface area (Å²) in [6.07, 6.45) is 0. The molecule has 110 valence electrons. The Labute approximate surface area is 136 Å². The Morgan fingerprint density at radius 1 is 1.30 bits per heavy atom. The van der Waals surface area contributed by atoms with Gasteiger partial charge in [0.2, 0.25) is 5.91 Å². The van der Waals surface area contributed by atoms with Crippen LogP contribution in [0.3, 0.4) is 0 Å². The Kier molecular flexibility index (Phi) is 5.60. The maximum absolute atomic E-state index is 12.4. The van der Waals surface area contributed by atoms with Gasteiger partial charge in [-0.25, -0.2) is 0 Å². The first-order valence-corrected chi connectivity index (χ1v) is 8.29. The summed E-state index contributed by atoms with van der Waals surface area (Å²) in [6, 6.07) is 3.86. The van der Waals surface area contributed by atoms with Crippen molar-refractivity contribution in [2.45, 2.75) is 19.9 Å². The molecule has 0 spiro atoms. The van der Waals surface area contributed by atoms with Crippen LogP contribution in [0.4, 0.5) is 5.69 Å². The van der Waals surface area contributed by atoms with Crippen LogP contribution in [0.5, 0.6) is 0 Å². The summed E-state index contributed by atoms with van der Waals surface area (Å²) < 4.78 is 1.79. The van der Waals surface area contributed by atoms with Gasteiger partial charge in [0.15, 0.2) is 0 Å². The lowest BCUT2D eigenvalue weighted by molar-refractivity contribution is -0.120. The molecule has 1 heterocycles. The van der Waals surface area contributed by atoms with E-state index < -0.39 is 0 Å². The van der Waals surface area contributed by atoms with E-state index in [1.165, 1.54) is 0 Å². The average Bonchev–Trinajstić information content (AvgIpc) is 2.42. The molecule has 4 nitrogen and oxygen atoms in total. The van der Waals surface area contributed by atoms with Crippen LogP contribution < -0.4 is 10.6 Å². The summed E-state index contributed by atoms with van der Waals surface area (Å²) in [5.41, 5.74) is 1.93. The number of halogens is 2. The van der Waals surface area contributed by atoms with E-state index >= 15 is 0 Å². The van der Waals surface area contributed by atoms with Crippen molar-refractivity contribution >= 4 is 43.5 Å². The molecule has 0 saturated carbocycles. The van der Waals surface area contributed by atoms with Crippen LogP contribution in [0.25, 0.3) is 0 Å². The van der Waals surface area contributed by atoms with E-state index in [1.54, 1.807) is 0 Å². The van der Waals surface area contributed by atoms with Crippen molar-refractivity contribution in [3.05, 3.63) is 26.6 Å². The van der Waals surface area contributed by atoms with Gasteiger partial charge >= 0.3 is 0 Å². The number of hydrogen-bond donors (Lipinski definition) is 2. The summed E-state index contributed by atoms with van der Waals surface area (Å²) >= 11 is 7.01. The number of carbonyl (C=O) groups excluding carboxylic acids is 1. The number of nitrogens with zero attached hydrogens (tertiary/aromatic N) is 1. The van der Waals surface area contributed by atoms with Gasteiger partial charge < -0.3 is 10.6 Å². The molecule has 1 aromatic rings. The lowest BCUT2D eigenvalue weighted by atomic mass is 10.2. The third-order valence-electron chi connectivity index (χ3n) is 3.51. The number of anilines is 1. The fraction of sp³-hybridized carbons (Fsp3) is 0.500. The molecule has 1 fully saturated rings. The number of amides is 1. The molecule has 6 heteroatoms. The predicted molar refractivity (Wildman–Crippen MR) is 89.1 cm³/mol. The molecule has 1 saturated heterocycles. The van der Waals surface area contributed by atoms with Gasteiger partial charge in [-0.1, -0.05) is 0 Å². The van der Waals surface area contributed by atoms with Gasteiger partial charge in [-0.15, -0.1) is 0 Å². The topological polar surface area (TPSA) is 44.4 Å². The Balaban J connectivity index is 2.07. The highest BCUT2D eigenvalue weighted by atomic mass is 79.9. The van der Waals surface area contributed by atoms with Crippen molar-refractivity contribution in [2.24, 2.45) is 0 Å². The average molecular weight is 405 g/mol. The molecule has 0 bridgehead atoms. The van der Waals surface area contributed by atoms with E-state index in [0.29, 0.717) is 0 Å².